The molecule has 0 fully saturated rings. The van der Waals surface area contributed by atoms with Crippen LogP contribution >= 0.6 is 0 Å². The Balaban J connectivity index is 1.78. The topological polar surface area (TPSA) is 64.6 Å². The van der Waals surface area contributed by atoms with Crippen molar-refractivity contribution < 1.29 is 26.7 Å². The summed E-state index contributed by atoms with van der Waals surface area (Å²) in [5.41, 5.74) is 0.172. The van der Waals surface area contributed by atoms with Crippen LogP contribution in [0, 0.1) is 11.6 Å². The number of halogens is 2. The number of hydrogen-bond acceptors (Lipinski definition) is 4. The van der Waals surface area contributed by atoms with Gasteiger partial charge in [-0.3, -0.25) is 4.72 Å². The van der Waals surface area contributed by atoms with E-state index in [2.05, 4.69) is 4.72 Å². The van der Waals surface area contributed by atoms with Gasteiger partial charge in [-0.2, -0.15) is 0 Å². The Kier molecular flexibility index (Phi) is 5.27. The van der Waals surface area contributed by atoms with Crippen LogP contribution in [0.1, 0.15) is 0 Å². The summed E-state index contributed by atoms with van der Waals surface area (Å²) in [5, 5.41) is 0. The summed E-state index contributed by atoms with van der Waals surface area (Å²) in [4.78, 5) is -0.767. The predicted octanol–water partition coefficient (Wildman–Crippen LogP) is 4.57. The third-order valence-corrected chi connectivity index (χ3v) is 4.98. The number of para-hydroxylation sites is 2. The van der Waals surface area contributed by atoms with Gasteiger partial charge in [0.05, 0.1) is 7.11 Å². The average Bonchev–Trinajstić information content (AvgIpc) is 2.65. The number of hydrogen-bond donors (Lipinski definition) is 1. The highest BCUT2D eigenvalue weighted by Crippen LogP contribution is 2.31. The molecule has 3 aromatic carbocycles. The average molecular weight is 391 g/mol. The number of ether oxygens (including phenoxy) is 2. The Bertz CT molecular complexity index is 1050. The molecule has 0 unspecified atom stereocenters. The molecule has 0 saturated heterocycles. The van der Waals surface area contributed by atoms with Crippen molar-refractivity contribution >= 4 is 15.7 Å². The van der Waals surface area contributed by atoms with E-state index in [4.69, 9.17) is 9.47 Å². The van der Waals surface area contributed by atoms with Crippen LogP contribution in [0.15, 0.2) is 71.6 Å². The van der Waals surface area contributed by atoms with Gasteiger partial charge in [0.15, 0.2) is 11.5 Å². The van der Waals surface area contributed by atoms with Gasteiger partial charge in [0.2, 0.25) is 0 Å². The number of rotatable bonds is 6. The lowest BCUT2D eigenvalue weighted by Gasteiger charge is -2.12. The molecule has 27 heavy (non-hydrogen) atoms. The molecule has 8 heteroatoms. The molecule has 0 amide bonds. The summed E-state index contributed by atoms with van der Waals surface area (Å²) in [6, 6.07) is 15.2. The zero-order chi connectivity index (χ0) is 19.4. The maximum absolute atomic E-state index is 13.7. The molecule has 0 heterocycles. The molecule has 3 aromatic rings. The summed E-state index contributed by atoms with van der Waals surface area (Å²) in [7, 11) is -2.76. The third kappa shape index (κ3) is 4.35. The van der Waals surface area contributed by atoms with Crippen LogP contribution in [-0.2, 0) is 10.0 Å². The Hall–Kier alpha value is -3.13. The van der Waals surface area contributed by atoms with Crippen LogP contribution in [0.25, 0.3) is 0 Å². The minimum atomic E-state index is -4.27. The van der Waals surface area contributed by atoms with E-state index < -0.39 is 26.6 Å². The zero-order valence-electron chi connectivity index (χ0n) is 14.1. The molecule has 0 atom stereocenters. The summed E-state index contributed by atoms with van der Waals surface area (Å²) in [5.74, 6) is -0.407. The van der Waals surface area contributed by atoms with E-state index in [1.807, 2.05) is 0 Å². The standard InChI is InChI=1S/C19H15F2NO4S/c1-25-17-4-2-3-5-18(17)26-15-9-7-14(8-10-15)22-27(23,24)19-12-13(20)6-11-16(19)21/h2-12,22H,1H3. The molecular formula is C19H15F2NO4S. The Labute approximate surface area is 155 Å². The van der Waals surface area contributed by atoms with E-state index in [-0.39, 0.29) is 5.69 Å². The van der Waals surface area contributed by atoms with Gasteiger partial charge in [0, 0.05) is 5.69 Å². The summed E-state index contributed by atoms with van der Waals surface area (Å²) >= 11 is 0. The molecule has 0 radical (unpaired) electrons. The lowest BCUT2D eigenvalue weighted by Crippen LogP contribution is -2.14. The first-order valence-electron chi connectivity index (χ1n) is 7.78. The fourth-order valence-corrected chi connectivity index (χ4v) is 3.46. The predicted molar refractivity (Wildman–Crippen MR) is 96.7 cm³/mol. The first-order valence-corrected chi connectivity index (χ1v) is 9.26. The van der Waals surface area contributed by atoms with Gasteiger partial charge in [-0.05, 0) is 54.6 Å². The van der Waals surface area contributed by atoms with Gasteiger partial charge in [-0.15, -0.1) is 0 Å². The van der Waals surface area contributed by atoms with Gasteiger partial charge in [-0.1, -0.05) is 12.1 Å². The lowest BCUT2D eigenvalue weighted by molar-refractivity contribution is 0.379. The second kappa shape index (κ2) is 7.63. The summed E-state index contributed by atoms with van der Waals surface area (Å²) < 4.78 is 64.6. The maximum atomic E-state index is 13.7. The molecule has 0 saturated carbocycles. The van der Waals surface area contributed by atoms with Crippen molar-refractivity contribution in [1.29, 1.82) is 0 Å². The van der Waals surface area contributed by atoms with Gasteiger partial charge in [0.25, 0.3) is 10.0 Å². The van der Waals surface area contributed by atoms with Crippen molar-refractivity contribution in [1.82, 2.24) is 0 Å². The normalized spacial score (nSPS) is 11.1. The third-order valence-electron chi connectivity index (χ3n) is 3.59. The molecule has 0 aliphatic carbocycles. The van der Waals surface area contributed by atoms with E-state index in [1.54, 1.807) is 24.3 Å². The molecule has 0 bridgehead atoms. The van der Waals surface area contributed by atoms with E-state index in [0.717, 1.165) is 12.1 Å². The van der Waals surface area contributed by atoms with E-state index >= 15 is 0 Å². The molecule has 3 rings (SSSR count). The van der Waals surface area contributed by atoms with Crippen LogP contribution in [0.4, 0.5) is 14.5 Å². The van der Waals surface area contributed by atoms with Crippen LogP contribution in [0.3, 0.4) is 0 Å². The quantitative estimate of drug-likeness (QED) is 0.669. The maximum Gasteiger partial charge on any atom is 0.264 e. The lowest BCUT2D eigenvalue weighted by atomic mass is 10.3. The fourth-order valence-electron chi connectivity index (χ4n) is 2.31. The largest absolute Gasteiger partial charge is 0.493 e. The minimum absolute atomic E-state index is 0.172. The molecular weight excluding hydrogens is 376 g/mol. The molecule has 0 aliphatic rings. The SMILES string of the molecule is COc1ccccc1Oc1ccc(NS(=O)(=O)c2cc(F)ccc2F)cc1. The van der Waals surface area contributed by atoms with Crippen molar-refractivity contribution in [3.8, 4) is 17.2 Å². The monoisotopic (exact) mass is 391 g/mol. The second-order valence-corrected chi connectivity index (χ2v) is 7.11. The van der Waals surface area contributed by atoms with E-state index in [9.17, 15) is 17.2 Å². The number of benzene rings is 3. The smallest absolute Gasteiger partial charge is 0.264 e. The van der Waals surface area contributed by atoms with Gasteiger partial charge >= 0.3 is 0 Å². The van der Waals surface area contributed by atoms with Gasteiger partial charge < -0.3 is 9.47 Å². The molecule has 5 nitrogen and oxygen atoms in total. The first-order chi connectivity index (χ1) is 12.9. The number of methoxy groups -OCH3 is 1. The molecule has 140 valence electrons. The van der Waals surface area contributed by atoms with Crippen molar-refractivity contribution in [2.75, 3.05) is 11.8 Å². The Morgan fingerprint density at radius 1 is 0.889 bits per heavy atom. The number of nitrogens with one attached hydrogen (secondary N) is 1. The highest BCUT2D eigenvalue weighted by Gasteiger charge is 2.20. The van der Waals surface area contributed by atoms with Crippen molar-refractivity contribution in [2.45, 2.75) is 4.90 Å². The molecule has 0 aliphatic heterocycles. The second-order valence-electron chi connectivity index (χ2n) is 5.46. The fraction of sp³-hybridized carbons (Fsp3) is 0.0526. The molecule has 0 spiro atoms. The van der Waals surface area contributed by atoms with E-state index in [0.29, 0.717) is 23.3 Å². The van der Waals surface area contributed by atoms with Crippen LogP contribution < -0.4 is 14.2 Å². The van der Waals surface area contributed by atoms with Gasteiger partial charge in [0.1, 0.15) is 22.3 Å². The Morgan fingerprint density at radius 2 is 1.56 bits per heavy atom. The highest BCUT2D eigenvalue weighted by molar-refractivity contribution is 7.92. The summed E-state index contributed by atoms with van der Waals surface area (Å²) in [6.45, 7) is 0. The van der Waals surface area contributed by atoms with Crippen LogP contribution in [0.2, 0.25) is 0 Å². The van der Waals surface area contributed by atoms with Crippen LogP contribution in [-0.4, -0.2) is 15.5 Å². The van der Waals surface area contributed by atoms with Crippen molar-refractivity contribution in [3.63, 3.8) is 0 Å². The number of anilines is 1. The van der Waals surface area contributed by atoms with Gasteiger partial charge in [-0.25, -0.2) is 17.2 Å². The number of sulfonamides is 1. The van der Waals surface area contributed by atoms with Crippen molar-refractivity contribution in [2.24, 2.45) is 0 Å². The zero-order valence-corrected chi connectivity index (χ0v) is 15.0. The molecule has 0 aromatic heterocycles. The summed E-state index contributed by atoms with van der Waals surface area (Å²) in [6.07, 6.45) is 0. The highest BCUT2D eigenvalue weighted by atomic mass is 32.2. The minimum Gasteiger partial charge on any atom is -0.493 e. The van der Waals surface area contributed by atoms with Crippen molar-refractivity contribution in [3.05, 3.63) is 78.4 Å². The van der Waals surface area contributed by atoms with E-state index in [1.165, 1.54) is 31.4 Å². The van der Waals surface area contributed by atoms with Crippen LogP contribution in [0.5, 0.6) is 17.2 Å². The first kappa shape index (κ1) is 18.7. The molecule has 1 N–H and O–H groups in total. The Morgan fingerprint density at radius 3 is 2.22 bits per heavy atom.